The largest absolute Gasteiger partial charge is 0.338 e. The van der Waals surface area contributed by atoms with Crippen molar-refractivity contribution in [3.05, 3.63) is 29.8 Å². The molecule has 0 aliphatic carbocycles. The van der Waals surface area contributed by atoms with Crippen LogP contribution in [0.2, 0.25) is 0 Å². The third-order valence-corrected chi connectivity index (χ3v) is 7.47. The molecule has 8 heteroatoms. The molecule has 1 aromatic rings. The molecular weight excluding hydrogens is 376 g/mol. The van der Waals surface area contributed by atoms with Crippen molar-refractivity contribution in [2.24, 2.45) is 0 Å². The fourth-order valence-electron chi connectivity index (χ4n) is 3.78. The standard InChI is InChI=1S/C20H32N4O3S/c1-18-6-8-19(9-7-18)28(26,27)24-16-14-23(15-17-24)20(25)21-10-5-13-22-11-3-2-4-12-22/h6-9H,2-5,10-17H2,1H3,(H,21,25). The summed E-state index contributed by atoms with van der Waals surface area (Å²) in [7, 11) is -3.49. The number of amides is 2. The molecule has 28 heavy (non-hydrogen) atoms. The number of piperazine rings is 1. The number of sulfonamides is 1. The molecule has 2 fully saturated rings. The molecule has 0 atom stereocenters. The topological polar surface area (TPSA) is 73.0 Å². The zero-order chi connectivity index (χ0) is 20.0. The van der Waals surface area contributed by atoms with Crippen molar-refractivity contribution in [3.8, 4) is 0 Å². The van der Waals surface area contributed by atoms with Crippen LogP contribution < -0.4 is 5.32 Å². The Bertz CT molecular complexity index is 737. The number of nitrogens with zero attached hydrogens (tertiary/aromatic N) is 3. The maximum atomic E-state index is 12.7. The van der Waals surface area contributed by atoms with Gasteiger partial charge in [-0.3, -0.25) is 0 Å². The number of likely N-dealkylation sites (tertiary alicyclic amines) is 1. The zero-order valence-corrected chi connectivity index (χ0v) is 17.6. The molecule has 2 amide bonds. The first-order chi connectivity index (χ1) is 13.5. The van der Waals surface area contributed by atoms with E-state index < -0.39 is 10.0 Å². The van der Waals surface area contributed by atoms with Gasteiger partial charge in [-0.05, 0) is 58.0 Å². The van der Waals surface area contributed by atoms with Crippen molar-refractivity contribution >= 4 is 16.1 Å². The number of hydrogen-bond acceptors (Lipinski definition) is 4. The lowest BCUT2D eigenvalue weighted by Crippen LogP contribution is -2.53. The molecule has 0 saturated carbocycles. The van der Waals surface area contributed by atoms with Gasteiger partial charge in [0, 0.05) is 32.7 Å². The predicted octanol–water partition coefficient (Wildman–Crippen LogP) is 1.89. The summed E-state index contributed by atoms with van der Waals surface area (Å²) in [6.45, 7) is 7.47. The van der Waals surface area contributed by atoms with Gasteiger partial charge in [0.15, 0.2) is 0 Å². The number of carbonyl (C=O) groups is 1. The van der Waals surface area contributed by atoms with Crippen molar-refractivity contribution in [1.82, 2.24) is 19.4 Å². The molecule has 1 aromatic carbocycles. The Balaban J connectivity index is 1.40. The summed E-state index contributed by atoms with van der Waals surface area (Å²) in [5.41, 5.74) is 1.03. The van der Waals surface area contributed by atoms with Gasteiger partial charge in [-0.1, -0.05) is 24.1 Å². The summed E-state index contributed by atoms with van der Waals surface area (Å²) in [5, 5.41) is 2.98. The second-order valence-electron chi connectivity index (χ2n) is 7.69. The quantitative estimate of drug-likeness (QED) is 0.730. The first kappa shape index (κ1) is 21.1. The average Bonchev–Trinajstić information content (AvgIpc) is 2.72. The maximum Gasteiger partial charge on any atom is 0.317 e. The SMILES string of the molecule is Cc1ccc(S(=O)(=O)N2CCN(C(=O)NCCCN3CCCCC3)CC2)cc1. The van der Waals surface area contributed by atoms with E-state index in [1.807, 2.05) is 6.92 Å². The number of benzene rings is 1. The normalized spacial score (nSPS) is 19.5. The highest BCUT2D eigenvalue weighted by Gasteiger charge is 2.29. The Labute approximate surface area is 168 Å². The van der Waals surface area contributed by atoms with E-state index in [0.717, 1.165) is 18.5 Å². The number of nitrogens with one attached hydrogen (secondary N) is 1. The molecule has 0 unspecified atom stereocenters. The number of rotatable bonds is 6. The number of aryl methyl sites for hydroxylation is 1. The van der Waals surface area contributed by atoms with Gasteiger partial charge in [-0.15, -0.1) is 0 Å². The highest BCUT2D eigenvalue weighted by molar-refractivity contribution is 7.89. The molecule has 2 heterocycles. The third kappa shape index (κ3) is 5.46. The van der Waals surface area contributed by atoms with E-state index in [9.17, 15) is 13.2 Å². The molecule has 1 N–H and O–H groups in total. The molecular formula is C20H32N4O3S. The van der Waals surface area contributed by atoms with Crippen LogP contribution in [0.3, 0.4) is 0 Å². The van der Waals surface area contributed by atoms with Gasteiger partial charge < -0.3 is 15.1 Å². The lowest BCUT2D eigenvalue weighted by atomic mass is 10.1. The summed E-state index contributed by atoms with van der Waals surface area (Å²) in [4.78, 5) is 16.8. The van der Waals surface area contributed by atoms with Gasteiger partial charge in [0.2, 0.25) is 10.0 Å². The summed E-state index contributed by atoms with van der Waals surface area (Å²) in [6.07, 6.45) is 4.84. The summed E-state index contributed by atoms with van der Waals surface area (Å²) in [5.74, 6) is 0. The summed E-state index contributed by atoms with van der Waals surface area (Å²) in [6, 6.07) is 6.81. The monoisotopic (exact) mass is 408 g/mol. The van der Waals surface area contributed by atoms with Crippen LogP contribution >= 0.6 is 0 Å². The Morgan fingerprint density at radius 2 is 1.61 bits per heavy atom. The van der Waals surface area contributed by atoms with Gasteiger partial charge in [-0.25, -0.2) is 13.2 Å². The lowest BCUT2D eigenvalue weighted by Gasteiger charge is -2.34. The van der Waals surface area contributed by atoms with Gasteiger partial charge in [0.25, 0.3) is 0 Å². The number of urea groups is 1. The van der Waals surface area contributed by atoms with Crippen LogP contribution in [0.25, 0.3) is 0 Å². The molecule has 0 aromatic heterocycles. The molecule has 0 bridgehead atoms. The lowest BCUT2D eigenvalue weighted by molar-refractivity contribution is 0.171. The second kappa shape index (κ2) is 9.71. The van der Waals surface area contributed by atoms with E-state index in [-0.39, 0.29) is 6.03 Å². The summed E-state index contributed by atoms with van der Waals surface area (Å²) >= 11 is 0. The second-order valence-corrected chi connectivity index (χ2v) is 9.63. The van der Waals surface area contributed by atoms with Crippen molar-refractivity contribution < 1.29 is 13.2 Å². The number of carbonyl (C=O) groups excluding carboxylic acids is 1. The maximum absolute atomic E-state index is 12.7. The van der Waals surface area contributed by atoms with Crippen LogP contribution in [0.15, 0.2) is 29.2 Å². The summed E-state index contributed by atoms with van der Waals surface area (Å²) < 4.78 is 26.9. The first-order valence-corrected chi connectivity index (χ1v) is 11.7. The fraction of sp³-hybridized carbons (Fsp3) is 0.650. The zero-order valence-electron chi connectivity index (χ0n) is 16.8. The molecule has 0 spiro atoms. The Morgan fingerprint density at radius 3 is 2.25 bits per heavy atom. The van der Waals surface area contributed by atoms with Crippen molar-refractivity contribution in [2.75, 3.05) is 52.4 Å². The fourth-order valence-corrected chi connectivity index (χ4v) is 5.21. The van der Waals surface area contributed by atoms with Gasteiger partial charge in [0.05, 0.1) is 4.90 Å². The predicted molar refractivity (Wildman–Crippen MR) is 110 cm³/mol. The van der Waals surface area contributed by atoms with Gasteiger partial charge in [0.1, 0.15) is 0 Å². The molecule has 2 saturated heterocycles. The minimum atomic E-state index is -3.49. The van der Waals surface area contributed by atoms with Crippen LogP contribution in [0.1, 0.15) is 31.2 Å². The molecule has 7 nitrogen and oxygen atoms in total. The van der Waals surface area contributed by atoms with E-state index in [1.165, 1.54) is 36.7 Å². The number of hydrogen-bond donors (Lipinski definition) is 1. The van der Waals surface area contributed by atoms with E-state index in [0.29, 0.717) is 37.6 Å². The van der Waals surface area contributed by atoms with Crippen LogP contribution in [-0.2, 0) is 10.0 Å². The Kier molecular flexibility index (Phi) is 7.31. The Hall–Kier alpha value is -1.64. The van der Waals surface area contributed by atoms with Gasteiger partial charge >= 0.3 is 6.03 Å². The van der Waals surface area contributed by atoms with Gasteiger partial charge in [-0.2, -0.15) is 4.31 Å². The molecule has 2 aliphatic heterocycles. The van der Waals surface area contributed by atoms with Crippen LogP contribution in [-0.4, -0.2) is 80.9 Å². The molecule has 156 valence electrons. The van der Waals surface area contributed by atoms with E-state index >= 15 is 0 Å². The third-order valence-electron chi connectivity index (χ3n) is 5.56. The Morgan fingerprint density at radius 1 is 0.964 bits per heavy atom. The molecule has 0 radical (unpaired) electrons. The van der Waals surface area contributed by atoms with E-state index in [4.69, 9.17) is 0 Å². The van der Waals surface area contributed by atoms with Crippen molar-refractivity contribution in [2.45, 2.75) is 37.5 Å². The first-order valence-electron chi connectivity index (χ1n) is 10.3. The van der Waals surface area contributed by atoms with Crippen LogP contribution in [0.4, 0.5) is 4.79 Å². The minimum Gasteiger partial charge on any atom is -0.338 e. The molecule has 2 aliphatic rings. The highest BCUT2D eigenvalue weighted by Crippen LogP contribution is 2.18. The highest BCUT2D eigenvalue weighted by atomic mass is 32.2. The average molecular weight is 409 g/mol. The smallest absolute Gasteiger partial charge is 0.317 e. The molecule has 3 rings (SSSR count). The van der Waals surface area contributed by atoms with Crippen LogP contribution in [0, 0.1) is 6.92 Å². The van der Waals surface area contributed by atoms with Crippen molar-refractivity contribution in [3.63, 3.8) is 0 Å². The van der Waals surface area contributed by atoms with Crippen LogP contribution in [0.5, 0.6) is 0 Å². The number of piperidine rings is 1. The minimum absolute atomic E-state index is 0.0916. The van der Waals surface area contributed by atoms with E-state index in [2.05, 4.69) is 10.2 Å². The van der Waals surface area contributed by atoms with E-state index in [1.54, 1.807) is 29.2 Å². The van der Waals surface area contributed by atoms with Crippen molar-refractivity contribution in [1.29, 1.82) is 0 Å².